The van der Waals surface area contributed by atoms with Crippen molar-refractivity contribution in [2.75, 3.05) is 10.2 Å². The molecular formula is C28H25N3OS. The highest BCUT2D eigenvalue weighted by atomic mass is 32.1. The average molecular weight is 452 g/mol. The molecule has 0 fully saturated rings. The first-order valence-corrected chi connectivity index (χ1v) is 12.3. The van der Waals surface area contributed by atoms with Crippen LogP contribution in [0.1, 0.15) is 45.4 Å². The second-order valence-electron chi connectivity index (χ2n) is 8.56. The summed E-state index contributed by atoms with van der Waals surface area (Å²) in [6.07, 6.45) is 4.29. The Morgan fingerprint density at radius 1 is 0.727 bits per heavy atom. The first kappa shape index (κ1) is 20.1. The monoisotopic (exact) mass is 451 g/mol. The molecule has 4 aromatic rings. The number of nitrogens with zero attached hydrogens (tertiary/aromatic N) is 1. The minimum absolute atomic E-state index is 0.0485. The van der Waals surface area contributed by atoms with Crippen LogP contribution in [-0.4, -0.2) is 5.91 Å². The summed E-state index contributed by atoms with van der Waals surface area (Å²) < 4.78 is 0. The van der Waals surface area contributed by atoms with Gasteiger partial charge in [-0.05, 0) is 73.2 Å². The van der Waals surface area contributed by atoms with Crippen LogP contribution in [0.25, 0.3) is 0 Å². The fourth-order valence-electron chi connectivity index (χ4n) is 4.86. The fourth-order valence-corrected chi connectivity index (χ4v) is 6.18. The molecule has 0 radical (unpaired) electrons. The van der Waals surface area contributed by atoms with Crippen molar-refractivity contribution in [2.24, 2.45) is 0 Å². The van der Waals surface area contributed by atoms with Gasteiger partial charge in [0.2, 0.25) is 0 Å². The number of aryl methyl sites for hydroxylation is 1. The lowest BCUT2D eigenvalue weighted by Gasteiger charge is -2.28. The Hall–Kier alpha value is -3.57. The number of para-hydroxylation sites is 2. The summed E-state index contributed by atoms with van der Waals surface area (Å²) in [6.45, 7) is 0. The van der Waals surface area contributed by atoms with Crippen molar-refractivity contribution in [3.05, 3.63) is 106 Å². The number of hydrogen-bond acceptors (Lipinski definition) is 4. The quantitative estimate of drug-likeness (QED) is 0.353. The van der Waals surface area contributed by atoms with Crippen LogP contribution in [-0.2, 0) is 12.8 Å². The van der Waals surface area contributed by atoms with Gasteiger partial charge in [-0.25, -0.2) is 0 Å². The largest absolute Gasteiger partial charge is 0.353 e. The van der Waals surface area contributed by atoms with Crippen LogP contribution in [0.3, 0.4) is 0 Å². The summed E-state index contributed by atoms with van der Waals surface area (Å²) in [6, 6.07) is 29.2. The lowest BCUT2D eigenvalue weighted by Crippen LogP contribution is -2.38. The normalized spacial score (nSPS) is 16.8. The molecule has 1 amide bonds. The Kier molecular flexibility index (Phi) is 5.11. The number of amides is 1. The van der Waals surface area contributed by atoms with Crippen LogP contribution in [0.2, 0.25) is 0 Å². The topological polar surface area (TPSA) is 44.4 Å². The summed E-state index contributed by atoms with van der Waals surface area (Å²) in [5.74, 6) is 0.0485. The summed E-state index contributed by atoms with van der Waals surface area (Å²) in [4.78, 5) is 16.6. The zero-order chi connectivity index (χ0) is 22.2. The summed E-state index contributed by atoms with van der Waals surface area (Å²) in [7, 11) is 0. The van der Waals surface area contributed by atoms with Crippen molar-refractivity contribution in [2.45, 2.75) is 31.8 Å². The van der Waals surface area contributed by atoms with Crippen LogP contribution in [0.15, 0.2) is 84.9 Å². The smallest absolute Gasteiger partial charge is 0.256 e. The molecule has 2 N–H and O–H groups in total. The number of hydrogen-bond donors (Lipinski definition) is 2. The van der Waals surface area contributed by atoms with E-state index in [1.165, 1.54) is 23.3 Å². The molecule has 1 aliphatic heterocycles. The van der Waals surface area contributed by atoms with E-state index >= 15 is 0 Å². The molecule has 0 spiro atoms. The molecule has 2 aliphatic rings. The first-order valence-electron chi connectivity index (χ1n) is 11.5. The highest BCUT2D eigenvalue weighted by Crippen LogP contribution is 2.42. The maximum absolute atomic E-state index is 13.0. The molecule has 1 aromatic heterocycles. The highest BCUT2D eigenvalue weighted by Gasteiger charge is 2.32. The molecule has 5 heteroatoms. The number of fused-ring (bicyclic) bond motifs is 3. The second kappa shape index (κ2) is 8.41. The number of anilines is 4. The van der Waals surface area contributed by atoms with Gasteiger partial charge in [0.05, 0.1) is 5.56 Å². The molecule has 0 saturated heterocycles. The van der Waals surface area contributed by atoms with Crippen molar-refractivity contribution in [3.8, 4) is 0 Å². The maximum atomic E-state index is 13.0. The van der Waals surface area contributed by atoms with Gasteiger partial charge in [0.1, 0.15) is 11.2 Å². The molecule has 1 atom stereocenters. The maximum Gasteiger partial charge on any atom is 0.256 e. The predicted octanol–water partition coefficient (Wildman–Crippen LogP) is 6.95. The molecule has 0 bridgehead atoms. The van der Waals surface area contributed by atoms with E-state index in [0.29, 0.717) is 0 Å². The van der Waals surface area contributed by atoms with Crippen molar-refractivity contribution in [1.29, 1.82) is 0 Å². The van der Waals surface area contributed by atoms with Crippen molar-refractivity contribution in [1.82, 2.24) is 5.32 Å². The number of thiophene rings is 1. The van der Waals surface area contributed by atoms with Gasteiger partial charge in [-0.2, -0.15) is 0 Å². The van der Waals surface area contributed by atoms with Gasteiger partial charge >= 0.3 is 0 Å². The summed E-state index contributed by atoms with van der Waals surface area (Å²) >= 11 is 1.76. The van der Waals surface area contributed by atoms with Crippen molar-refractivity contribution < 1.29 is 4.79 Å². The van der Waals surface area contributed by atoms with Crippen LogP contribution < -0.4 is 15.5 Å². The molecule has 0 saturated carbocycles. The van der Waals surface area contributed by atoms with E-state index in [9.17, 15) is 4.79 Å². The molecule has 4 nitrogen and oxygen atoms in total. The fraction of sp³-hybridized carbons (Fsp3) is 0.179. The van der Waals surface area contributed by atoms with Crippen molar-refractivity contribution in [3.63, 3.8) is 0 Å². The summed E-state index contributed by atoms with van der Waals surface area (Å²) in [5.41, 5.74) is 6.47. The molecule has 3 aromatic carbocycles. The molecule has 2 heterocycles. The molecule has 164 valence electrons. The Labute approximate surface area is 197 Å². The van der Waals surface area contributed by atoms with E-state index in [0.717, 1.165) is 46.0 Å². The number of rotatable bonds is 4. The minimum Gasteiger partial charge on any atom is -0.353 e. The highest BCUT2D eigenvalue weighted by molar-refractivity contribution is 7.16. The third-order valence-electron chi connectivity index (χ3n) is 6.46. The molecule has 1 aliphatic carbocycles. The predicted molar refractivity (Wildman–Crippen MR) is 136 cm³/mol. The molecular weight excluding hydrogens is 426 g/mol. The van der Waals surface area contributed by atoms with Crippen LogP contribution in [0.5, 0.6) is 0 Å². The number of nitrogens with one attached hydrogen (secondary N) is 2. The van der Waals surface area contributed by atoms with E-state index in [4.69, 9.17) is 0 Å². The number of carbonyl (C=O) groups is 1. The van der Waals surface area contributed by atoms with E-state index < -0.39 is 0 Å². The SMILES string of the molecule is O=C1NC(c2ccc(N(c3ccccc3)c3ccccc3)cc2)Nc2sc3c(c21)CCCC3. The van der Waals surface area contributed by atoms with Gasteiger partial charge in [-0.3, -0.25) is 4.79 Å². The second-order valence-corrected chi connectivity index (χ2v) is 9.67. The lowest BCUT2D eigenvalue weighted by atomic mass is 9.94. The van der Waals surface area contributed by atoms with Crippen LogP contribution in [0, 0.1) is 0 Å². The van der Waals surface area contributed by atoms with Crippen LogP contribution >= 0.6 is 11.3 Å². The van der Waals surface area contributed by atoms with E-state index in [2.05, 4.69) is 88.3 Å². The number of benzene rings is 3. The molecule has 1 unspecified atom stereocenters. The Balaban J connectivity index is 1.31. The third-order valence-corrected chi connectivity index (χ3v) is 7.69. The number of carbonyl (C=O) groups excluding carboxylic acids is 1. The standard InChI is InChI=1S/C28H25N3OS/c32-27-25-23-13-7-8-14-24(23)33-28(25)30-26(29-27)19-15-17-22(18-16-19)31(20-9-3-1-4-10-20)21-11-5-2-6-12-21/h1-6,9-12,15-18,26,30H,7-8,13-14H2,(H,29,32). The van der Waals surface area contributed by atoms with Gasteiger partial charge in [0.15, 0.2) is 0 Å². The van der Waals surface area contributed by atoms with E-state index in [1.54, 1.807) is 11.3 Å². The zero-order valence-electron chi connectivity index (χ0n) is 18.3. The minimum atomic E-state index is -0.221. The van der Waals surface area contributed by atoms with Crippen molar-refractivity contribution >= 4 is 39.3 Å². The molecule has 33 heavy (non-hydrogen) atoms. The summed E-state index contributed by atoms with van der Waals surface area (Å²) in [5, 5.41) is 7.79. The average Bonchev–Trinajstić information content (AvgIpc) is 3.25. The Morgan fingerprint density at radius 3 is 2.00 bits per heavy atom. The van der Waals surface area contributed by atoms with Gasteiger partial charge < -0.3 is 15.5 Å². The van der Waals surface area contributed by atoms with Gasteiger partial charge in [-0.1, -0.05) is 48.5 Å². The van der Waals surface area contributed by atoms with Gasteiger partial charge in [-0.15, -0.1) is 11.3 Å². The van der Waals surface area contributed by atoms with E-state index in [-0.39, 0.29) is 12.1 Å². The zero-order valence-corrected chi connectivity index (χ0v) is 19.1. The van der Waals surface area contributed by atoms with Crippen LogP contribution in [0.4, 0.5) is 22.1 Å². The Morgan fingerprint density at radius 2 is 1.33 bits per heavy atom. The van der Waals surface area contributed by atoms with Gasteiger partial charge in [0.25, 0.3) is 5.91 Å². The van der Waals surface area contributed by atoms with E-state index in [1.807, 2.05) is 12.1 Å². The van der Waals surface area contributed by atoms with Gasteiger partial charge in [0, 0.05) is 21.9 Å². The third kappa shape index (κ3) is 3.68. The first-order chi connectivity index (χ1) is 16.3. The Bertz CT molecular complexity index is 1240. The lowest BCUT2D eigenvalue weighted by molar-refractivity contribution is 0.0935. The molecule has 6 rings (SSSR count).